The molecule has 0 amide bonds. The maximum Gasteiger partial charge on any atom is 0.472 e. The van der Waals surface area contributed by atoms with Gasteiger partial charge in [0.15, 0.2) is 6.10 Å². The van der Waals surface area contributed by atoms with Gasteiger partial charge in [-0.2, -0.15) is 0 Å². The molecule has 4 N–H and O–H groups in total. The van der Waals surface area contributed by atoms with Crippen LogP contribution >= 0.6 is 15.6 Å². The Kier molecular flexibility index (Phi) is 84.1. The zero-order valence-corrected chi connectivity index (χ0v) is 73.8. The predicted octanol–water partition coefficient (Wildman–Crippen LogP) is 28.0. The molecule has 0 radical (unpaired) electrons. The molecule has 5 unspecified atom stereocenters. The lowest BCUT2D eigenvalue weighted by molar-refractivity contribution is -0.161. The molecule has 0 saturated heterocycles. The van der Waals surface area contributed by atoms with Crippen molar-refractivity contribution in [2.75, 3.05) is 39.6 Å². The molecule has 0 fully saturated rings. The average molecular weight is 1630 g/mol. The van der Waals surface area contributed by atoms with Gasteiger partial charge in [0.25, 0.3) is 0 Å². The van der Waals surface area contributed by atoms with E-state index in [1.165, 1.54) is 218 Å². The van der Waals surface area contributed by atoms with Crippen LogP contribution in [0.3, 0.4) is 0 Å². The number of phosphoric acid groups is 2. The molecular formula is C95H168O16P2. The number of carbonyl (C=O) groups is 3. The van der Waals surface area contributed by atoms with Crippen molar-refractivity contribution in [2.24, 2.45) is 0 Å². The minimum absolute atomic E-state index is 0.109. The van der Waals surface area contributed by atoms with Crippen LogP contribution in [0, 0.1) is 0 Å². The number of aliphatic hydroxyl groups is 2. The molecule has 16 nitrogen and oxygen atoms in total. The number of unbranched alkanes of at least 4 members (excludes halogenated alkanes) is 44. The van der Waals surface area contributed by atoms with Crippen molar-refractivity contribution < 1.29 is 75.8 Å². The van der Waals surface area contributed by atoms with Gasteiger partial charge in [0.05, 0.1) is 26.4 Å². The minimum atomic E-state index is -4.93. The molecule has 0 rings (SSSR count). The number of hydrogen-bond donors (Lipinski definition) is 4. The topological polar surface area (TPSA) is 231 Å². The van der Waals surface area contributed by atoms with E-state index in [0.29, 0.717) is 19.3 Å². The van der Waals surface area contributed by atoms with Crippen molar-refractivity contribution >= 4 is 33.6 Å². The fourth-order valence-electron chi connectivity index (χ4n) is 12.7. The maximum atomic E-state index is 13.0. The highest BCUT2D eigenvalue weighted by Crippen LogP contribution is 2.45. The Morgan fingerprint density at radius 3 is 0.761 bits per heavy atom. The first-order chi connectivity index (χ1) is 55.2. The fraction of sp³-hybridized carbons (Fsp3) is 0.758. The van der Waals surface area contributed by atoms with Crippen LogP contribution < -0.4 is 0 Å². The molecule has 0 saturated carbocycles. The Balaban J connectivity index is 4.38. The van der Waals surface area contributed by atoms with Gasteiger partial charge < -0.3 is 34.2 Å². The number of carbonyl (C=O) groups excluding carboxylic acids is 3. The van der Waals surface area contributed by atoms with E-state index in [1.54, 1.807) is 0 Å². The molecule has 113 heavy (non-hydrogen) atoms. The van der Waals surface area contributed by atoms with Crippen LogP contribution in [0.15, 0.2) is 122 Å². The zero-order chi connectivity index (χ0) is 82.2. The molecule has 0 aromatic heterocycles. The third kappa shape index (κ3) is 88.6. The molecular weight excluding hydrogens is 1460 g/mol. The number of phosphoric ester groups is 2. The van der Waals surface area contributed by atoms with Gasteiger partial charge in [0, 0.05) is 19.3 Å². The summed E-state index contributed by atoms with van der Waals surface area (Å²) in [6, 6.07) is 0. The van der Waals surface area contributed by atoms with E-state index < -0.39 is 91.5 Å². The second-order valence-corrected chi connectivity index (χ2v) is 33.6. The second-order valence-electron chi connectivity index (χ2n) is 30.7. The monoisotopic (exact) mass is 1630 g/mol. The van der Waals surface area contributed by atoms with Gasteiger partial charge in [-0.15, -0.1) is 0 Å². The van der Waals surface area contributed by atoms with E-state index in [2.05, 4.69) is 142 Å². The number of allylic oxidation sites excluding steroid dienone is 20. The highest BCUT2D eigenvalue weighted by Gasteiger charge is 2.29. The van der Waals surface area contributed by atoms with Crippen LogP contribution in [0.5, 0.6) is 0 Å². The highest BCUT2D eigenvalue weighted by molar-refractivity contribution is 7.47. The average Bonchev–Trinajstić information content (AvgIpc) is 0.903. The standard InChI is InChI=1S/C95H168O16P2/c1-4-7-10-13-16-19-22-25-27-29-31-33-35-37-39-41-42-43-44-45-46-48-50-51-53-55-57-59-61-64-66-69-72-75-78-81-93(98)105-84-90(96)85-107-112(101,102)108-86-91(97)87-109-113(103,104)110-89-92(111-95(100)83-80-77-74-71-68-63-24-21-18-15-12-9-6-3)88-106-94(99)82-79-76-73-70-67-65-62-60-58-56-54-52-49-47-40-38-36-34-32-30-28-26-23-20-17-14-11-8-5-2/h7,10,16-17,19-20,25-28,31-34,37-40,42-43,90-92,96-97H,4-6,8-9,11-15,18,21-24,29-30,35-36,41,44-89H2,1-3H3,(H,101,102)(H,103,104)/b10-7-,19-16-,20-17-,27-25-,28-26-,33-31-,34-32-,39-37-,40-38-,43-42-. The van der Waals surface area contributed by atoms with E-state index in [0.717, 1.165) is 128 Å². The predicted molar refractivity (Wildman–Crippen MR) is 473 cm³/mol. The van der Waals surface area contributed by atoms with Crippen LogP contribution in [0.2, 0.25) is 0 Å². The van der Waals surface area contributed by atoms with Crippen LogP contribution in [-0.4, -0.2) is 95.9 Å². The molecule has 0 spiro atoms. The van der Waals surface area contributed by atoms with Gasteiger partial charge in [-0.3, -0.25) is 32.5 Å². The van der Waals surface area contributed by atoms with Gasteiger partial charge in [-0.05, 0) is 116 Å². The summed E-state index contributed by atoms with van der Waals surface area (Å²) in [5.74, 6) is -1.55. The van der Waals surface area contributed by atoms with Crippen LogP contribution in [0.4, 0.5) is 0 Å². The number of aliphatic hydroxyl groups excluding tert-OH is 2. The molecule has 18 heteroatoms. The SMILES string of the molecule is CC/C=C\C/C=C\C/C=C\C/C=C\C/C=C\C/C=C\CCCCCCCCCCCCCCCCCCC(=O)OCC(O)COP(=O)(O)OCC(O)COP(=O)(O)OCC(COC(=O)CCCCCCCCCCCCCCC/C=C\C/C=C\C/C=C\C/C=C\CCCCC)OC(=O)CCCCCCCCCCCCCCC. The smallest absolute Gasteiger partial charge is 0.463 e. The summed E-state index contributed by atoms with van der Waals surface area (Å²) in [5, 5.41) is 20.7. The Hall–Kier alpha value is -4.05. The van der Waals surface area contributed by atoms with Gasteiger partial charge in [0.2, 0.25) is 0 Å². The van der Waals surface area contributed by atoms with E-state index >= 15 is 0 Å². The Morgan fingerprint density at radius 2 is 0.469 bits per heavy atom. The van der Waals surface area contributed by atoms with Gasteiger partial charge in [-0.1, -0.05) is 393 Å². The molecule has 5 atom stereocenters. The number of rotatable bonds is 87. The number of esters is 3. The van der Waals surface area contributed by atoms with Crippen molar-refractivity contribution in [2.45, 2.75) is 424 Å². The van der Waals surface area contributed by atoms with Crippen molar-refractivity contribution in [3.63, 3.8) is 0 Å². The fourth-order valence-corrected chi connectivity index (χ4v) is 14.3. The maximum absolute atomic E-state index is 13.0. The molecule has 654 valence electrons. The largest absolute Gasteiger partial charge is 0.472 e. The Morgan fingerprint density at radius 1 is 0.257 bits per heavy atom. The Labute approximate surface area is 691 Å². The van der Waals surface area contributed by atoms with Crippen LogP contribution in [0.1, 0.15) is 406 Å². The van der Waals surface area contributed by atoms with Crippen LogP contribution in [0.25, 0.3) is 0 Å². The third-order valence-electron chi connectivity index (χ3n) is 19.7. The quantitative estimate of drug-likeness (QED) is 0.0146. The third-order valence-corrected chi connectivity index (χ3v) is 21.6. The van der Waals surface area contributed by atoms with Crippen molar-refractivity contribution in [1.29, 1.82) is 0 Å². The number of hydrogen-bond acceptors (Lipinski definition) is 14. The van der Waals surface area contributed by atoms with E-state index in [-0.39, 0.29) is 19.3 Å². The highest BCUT2D eigenvalue weighted by atomic mass is 31.2. The lowest BCUT2D eigenvalue weighted by Crippen LogP contribution is -2.30. The van der Waals surface area contributed by atoms with Crippen molar-refractivity contribution in [3.8, 4) is 0 Å². The summed E-state index contributed by atoms with van der Waals surface area (Å²) in [5.41, 5.74) is 0. The summed E-state index contributed by atoms with van der Waals surface area (Å²) in [4.78, 5) is 58.8. The Bertz CT molecular complexity index is 2540. The lowest BCUT2D eigenvalue weighted by atomic mass is 10.0. The lowest BCUT2D eigenvalue weighted by Gasteiger charge is -2.21. The van der Waals surface area contributed by atoms with Crippen molar-refractivity contribution in [1.82, 2.24) is 0 Å². The molecule has 0 heterocycles. The zero-order valence-electron chi connectivity index (χ0n) is 72.0. The summed E-state index contributed by atoms with van der Waals surface area (Å²) in [7, 11) is -9.79. The molecule has 0 aromatic carbocycles. The van der Waals surface area contributed by atoms with Crippen molar-refractivity contribution in [3.05, 3.63) is 122 Å². The minimum Gasteiger partial charge on any atom is -0.463 e. The summed E-state index contributed by atoms with van der Waals surface area (Å²) in [6.45, 7) is 2.60. The molecule has 0 aromatic rings. The molecule has 0 bridgehead atoms. The van der Waals surface area contributed by atoms with Gasteiger partial charge in [0.1, 0.15) is 25.4 Å². The van der Waals surface area contributed by atoms with E-state index in [4.69, 9.17) is 32.3 Å². The molecule has 0 aliphatic rings. The van der Waals surface area contributed by atoms with Gasteiger partial charge in [-0.25, -0.2) is 9.13 Å². The normalized spacial score (nSPS) is 14.4. The molecule has 0 aliphatic carbocycles. The molecule has 0 aliphatic heterocycles. The first-order valence-corrected chi connectivity index (χ1v) is 48.8. The summed E-state index contributed by atoms with van der Waals surface area (Å²) < 4.78 is 61.4. The van der Waals surface area contributed by atoms with E-state index in [1.807, 2.05) is 0 Å². The summed E-state index contributed by atoms with van der Waals surface area (Å²) in [6.07, 6.45) is 107. The van der Waals surface area contributed by atoms with Crippen LogP contribution in [-0.2, 0) is 55.8 Å². The first kappa shape index (κ1) is 109. The summed E-state index contributed by atoms with van der Waals surface area (Å²) >= 11 is 0. The van der Waals surface area contributed by atoms with E-state index in [9.17, 15) is 43.5 Å². The first-order valence-electron chi connectivity index (χ1n) is 45.8. The van der Waals surface area contributed by atoms with Gasteiger partial charge >= 0.3 is 33.6 Å². The number of ether oxygens (including phenoxy) is 3. The second kappa shape index (κ2) is 87.3.